The Hall–Kier alpha value is 0.310. The van der Waals surface area contributed by atoms with E-state index in [1.807, 2.05) is 0 Å². The number of rotatable bonds is 16. The molecular weight excluding hydrogens is 1100 g/mol. The number of carbonyl (C=O) groups is 4. The summed E-state index contributed by atoms with van der Waals surface area (Å²) in [6, 6.07) is 0. The van der Waals surface area contributed by atoms with E-state index in [4.69, 9.17) is 35.3 Å². The largest absolute Gasteiger partial charge is 1.00 e. The third-order valence-electron chi connectivity index (χ3n) is 13.1. The standard InChI is InChI=1S/C21H30F4O8S.C15H20F4O6S.C6H11ClO2.3Na.H2O/c1-17(2,3)33-15(26)11-32-19-9-13-6-14(10-19)8-18(7-13,12-19)16(27)31-5-4-20(22,23)21(24,25)34(28,29)30;16-14(17,15(18,19)26(22,23)24)1-2-25-11(20)12-4-9-3-10(5-12)7-13(21,6-9)8-12;1-6(2,3)9-5(8)4-7;;;;/h13-14H,4-12H2,1-3H3,(H,28,29,30);9-10,21H,1-8H2,(H,22,23,24);4H2,1-3H3;;;;1H2/q;;;3*+1;/p-3. The fourth-order valence-corrected chi connectivity index (χ4v) is 12.5. The fourth-order valence-electron chi connectivity index (χ4n) is 11.5. The van der Waals surface area contributed by atoms with Gasteiger partial charge in [-0.1, -0.05) is 0 Å². The average Bonchev–Trinajstić information content (AvgIpc) is 3.13. The van der Waals surface area contributed by atoms with Crippen LogP contribution in [0.25, 0.3) is 0 Å². The number of hydrogen-bond donors (Lipinski definition) is 1. The van der Waals surface area contributed by atoms with Gasteiger partial charge in [-0.05, 0) is 142 Å². The maximum absolute atomic E-state index is 13.7. The van der Waals surface area contributed by atoms with Crippen LogP contribution in [-0.4, -0.2) is 131 Å². The van der Waals surface area contributed by atoms with Crippen molar-refractivity contribution in [3.8, 4) is 0 Å². The quantitative estimate of drug-likeness (QED) is 0.0429. The van der Waals surface area contributed by atoms with Gasteiger partial charge in [0.15, 0.2) is 20.2 Å². The molecule has 8 aliphatic carbocycles. The van der Waals surface area contributed by atoms with Gasteiger partial charge < -0.3 is 43.4 Å². The summed E-state index contributed by atoms with van der Waals surface area (Å²) in [4.78, 5) is 47.9. The van der Waals surface area contributed by atoms with E-state index in [-0.39, 0.29) is 149 Å². The van der Waals surface area contributed by atoms with Gasteiger partial charge in [0.2, 0.25) is 0 Å². The van der Waals surface area contributed by atoms with Crippen molar-refractivity contribution in [3.05, 3.63) is 0 Å². The number of hydrogen-bond acceptors (Lipinski definition) is 17. The van der Waals surface area contributed by atoms with Crippen LogP contribution in [0.2, 0.25) is 0 Å². The Balaban J connectivity index is 0.00000118. The molecule has 4 atom stereocenters. The van der Waals surface area contributed by atoms with Crippen molar-refractivity contribution in [1.29, 1.82) is 0 Å². The first-order chi connectivity index (χ1) is 31.0. The number of ether oxygens (including phenoxy) is 5. The molecule has 8 bridgehead atoms. The van der Waals surface area contributed by atoms with E-state index in [0.717, 1.165) is 12.8 Å². The molecule has 8 aliphatic rings. The normalized spacial score (nSPS) is 29.2. The Morgan fingerprint density at radius 3 is 1.22 bits per heavy atom. The van der Waals surface area contributed by atoms with Crippen molar-refractivity contribution in [2.75, 3.05) is 25.7 Å². The molecule has 0 saturated heterocycles. The van der Waals surface area contributed by atoms with Crippen molar-refractivity contribution >= 4 is 55.7 Å². The summed E-state index contributed by atoms with van der Waals surface area (Å²) in [7, 11) is -13.2. The van der Waals surface area contributed by atoms with Gasteiger partial charge in [-0.25, -0.2) is 21.6 Å². The molecule has 0 aromatic rings. The summed E-state index contributed by atoms with van der Waals surface area (Å²) in [6.07, 6.45) is 2.57. The first-order valence-electron chi connectivity index (χ1n) is 22.1. The molecule has 0 aromatic carbocycles. The number of esters is 4. The summed E-state index contributed by atoms with van der Waals surface area (Å²) in [5, 5.41) is -1.08. The van der Waals surface area contributed by atoms with Crippen molar-refractivity contribution in [3.63, 3.8) is 0 Å². The van der Waals surface area contributed by atoms with Crippen LogP contribution in [0.5, 0.6) is 0 Å². The SMILES string of the molecule is CC(C)(C)OC(=O)CCl.CC(C)(C)OC(=O)COC12CC3CC(C1)CC(C(=O)OCCC(F)(F)C(F)(F)S(=O)(=O)[O-])(C3)C2.O=C(OCCC(F)(F)C(F)(F)S(=O)(=O)[O-])C12CC3CC(CC(O)(C3)C1)C2.[Na+].[Na+].[Na+].[OH-]. The van der Waals surface area contributed by atoms with Crippen LogP contribution in [0.15, 0.2) is 0 Å². The zero-order valence-electron chi connectivity index (χ0n) is 42.3. The van der Waals surface area contributed by atoms with Gasteiger partial charge in [0.25, 0.3) is 0 Å². The number of aliphatic hydroxyl groups is 1. The van der Waals surface area contributed by atoms with E-state index < -0.39 is 120 Å². The average molecular weight is 1160 g/mol. The molecule has 8 rings (SSSR count). The molecule has 0 aromatic heterocycles. The topological polar surface area (TPSA) is 279 Å². The van der Waals surface area contributed by atoms with Gasteiger partial charge in [0.05, 0.1) is 48.1 Å². The van der Waals surface area contributed by atoms with E-state index in [2.05, 4.69) is 0 Å². The number of halogens is 9. The zero-order chi connectivity index (χ0) is 52.9. The monoisotopic (exact) mass is 1160 g/mol. The van der Waals surface area contributed by atoms with E-state index in [0.29, 0.717) is 51.4 Å². The minimum Gasteiger partial charge on any atom is -0.870 e. The van der Waals surface area contributed by atoms with Crippen LogP contribution >= 0.6 is 11.6 Å². The molecule has 73 heavy (non-hydrogen) atoms. The third-order valence-corrected chi connectivity index (χ3v) is 15.2. The Labute approximate surface area is 490 Å². The summed E-state index contributed by atoms with van der Waals surface area (Å²) in [5.74, 6) is -12.6. The first-order valence-corrected chi connectivity index (χ1v) is 25.4. The molecule has 408 valence electrons. The van der Waals surface area contributed by atoms with Gasteiger partial charge >= 0.3 is 135 Å². The van der Waals surface area contributed by atoms with E-state index in [1.165, 1.54) is 0 Å². The minimum absolute atomic E-state index is 0. The Kier molecular flexibility index (Phi) is 25.9. The summed E-state index contributed by atoms with van der Waals surface area (Å²) >= 11 is 5.18. The molecule has 0 heterocycles. The molecule has 2 N–H and O–H groups in total. The predicted octanol–water partition coefficient (Wildman–Crippen LogP) is -2.18. The molecule has 0 aliphatic heterocycles. The summed E-state index contributed by atoms with van der Waals surface area (Å²) in [6.45, 7) is 7.91. The molecule has 8 saturated carbocycles. The summed E-state index contributed by atoms with van der Waals surface area (Å²) < 4.78 is 195. The van der Waals surface area contributed by atoms with Crippen LogP contribution < -0.4 is 88.7 Å². The molecule has 8 fully saturated rings. The smallest absolute Gasteiger partial charge is 0.870 e. The number of carbonyl (C=O) groups excluding carboxylic acids is 4. The number of alkyl halides is 9. The second kappa shape index (κ2) is 25.8. The Bertz CT molecular complexity index is 2140. The van der Waals surface area contributed by atoms with Crippen LogP contribution in [0, 0.1) is 34.5 Å². The first kappa shape index (κ1) is 73.3. The third kappa shape index (κ3) is 18.2. The maximum Gasteiger partial charge on any atom is 1.00 e. The fraction of sp³-hybridized carbons (Fsp3) is 0.905. The van der Waals surface area contributed by atoms with Crippen molar-refractivity contribution in [2.24, 2.45) is 34.5 Å². The van der Waals surface area contributed by atoms with Gasteiger partial charge in [-0.3, -0.25) is 14.4 Å². The second-order valence-electron chi connectivity index (χ2n) is 21.6. The van der Waals surface area contributed by atoms with Crippen LogP contribution in [0.4, 0.5) is 35.1 Å². The van der Waals surface area contributed by atoms with Crippen molar-refractivity contribution in [1.82, 2.24) is 0 Å². The molecule has 0 radical (unpaired) electrons. The molecule has 0 amide bonds. The van der Waals surface area contributed by atoms with E-state index in [1.54, 1.807) is 41.5 Å². The molecule has 31 heteroatoms. The van der Waals surface area contributed by atoms with Crippen LogP contribution in [0.3, 0.4) is 0 Å². The van der Waals surface area contributed by atoms with Crippen molar-refractivity contribution in [2.45, 2.75) is 176 Å². The molecular formula is C42H60ClF8Na3O17S2. The summed E-state index contributed by atoms with van der Waals surface area (Å²) in [5.41, 5.74) is -4.96. The zero-order valence-corrected chi connectivity index (χ0v) is 50.7. The van der Waals surface area contributed by atoms with Gasteiger partial charge in [-0.2, -0.15) is 35.1 Å². The Morgan fingerprint density at radius 2 is 0.918 bits per heavy atom. The molecule has 4 unspecified atom stereocenters. The van der Waals surface area contributed by atoms with Crippen LogP contribution in [0.1, 0.15) is 131 Å². The van der Waals surface area contributed by atoms with Crippen molar-refractivity contribution < 1.29 is 203 Å². The second-order valence-corrected chi connectivity index (χ2v) is 24.7. The van der Waals surface area contributed by atoms with E-state index in [9.17, 15) is 85.3 Å². The predicted molar refractivity (Wildman–Crippen MR) is 223 cm³/mol. The van der Waals surface area contributed by atoms with Gasteiger partial charge in [0, 0.05) is 0 Å². The van der Waals surface area contributed by atoms with E-state index >= 15 is 0 Å². The molecule has 0 spiro atoms. The van der Waals surface area contributed by atoms with Gasteiger partial charge in [0.1, 0.15) is 23.7 Å². The minimum atomic E-state index is -6.61. The van der Waals surface area contributed by atoms with Gasteiger partial charge in [-0.15, -0.1) is 11.6 Å². The Morgan fingerprint density at radius 1 is 0.589 bits per heavy atom. The van der Waals surface area contributed by atoms with Crippen LogP contribution in [-0.2, 0) is 63.1 Å². The molecule has 17 nitrogen and oxygen atoms in total. The maximum atomic E-state index is 13.7.